The lowest BCUT2D eigenvalue weighted by Crippen LogP contribution is -1.95. The van der Waals surface area contributed by atoms with Crippen molar-refractivity contribution in [2.24, 2.45) is 0 Å². The number of hydrogen-bond acceptors (Lipinski definition) is 3. The van der Waals surface area contributed by atoms with Crippen LogP contribution >= 0.6 is 27.5 Å². The van der Waals surface area contributed by atoms with Crippen LogP contribution in [-0.2, 0) is 6.42 Å². The first-order valence-corrected chi connectivity index (χ1v) is 6.75. The fraction of sp³-hybridized carbons (Fsp3) is 0.0714. The van der Waals surface area contributed by atoms with Crippen LogP contribution in [0.2, 0.25) is 5.02 Å². The van der Waals surface area contributed by atoms with E-state index in [0.29, 0.717) is 28.8 Å². The predicted octanol–water partition coefficient (Wildman–Crippen LogP) is 4.60. The molecular formula is C14H12BrClN2O. The highest BCUT2D eigenvalue weighted by molar-refractivity contribution is 9.10. The molecule has 0 aliphatic heterocycles. The first-order valence-electron chi connectivity index (χ1n) is 5.58. The number of ether oxygens (including phenoxy) is 1. The molecule has 98 valence electrons. The minimum Gasteiger partial charge on any atom is -0.437 e. The summed E-state index contributed by atoms with van der Waals surface area (Å²) in [5.74, 6) is 1.03. The molecule has 0 radical (unpaired) electrons. The molecule has 19 heavy (non-hydrogen) atoms. The second kappa shape index (κ2) is 6.08. The number of pyridine rings is 1. The first-order chi connectivity index (χ1) is 9.10. The van der Waals surface area contributed by atoms with Crippen molar-refractivity contribution in [3.63, 3.8) is 0 Å². The zero-order valence-corrected chi connectivity index (χ0v) is 12.4. The van der Waals surface area contributed by atoms with Gasteiger partial charge >= 0.3 is 0 Å². The van der Waals surface area contributed by atoms with Crippen LogP contribution in [-0.4, -0.2) is 4.98 Å². The number of nitrogen functional groups attached to an aromatic ring is 1. The van der Waals surface area contributed by atoms with Gasteiger partial charge in [-0.25, -0.2) is 4.98 Å². The molecule has 2 rings (SSSR count). The van der Waals surface area contributed by atoms with Gasteiger partial charge in [-0.3, -0.25) is 0 Å². The van der Waals surface area contributed by atoms with Crippen LogP contribution in [0.4, 0.5) is 5.69 Å². The molecule has 0 saturated heterocycles. The Morgan fingerprint density at radius 3 is 2.89 bits per heavy atom. The van der Waals surface area contributed by atoms with Crippen LogP contribution in [0.1, 0.15) is 5.56 Å². The Labute approximate surface area is 125 Å². The molecule has 0 amide bonds. The third-order valence-corrected chi connectivity index (χ3v) is 3.13. The number of allylic oxidation sites excluding steroid dienone is 1. The number of nitrogens with zero attached hydrogens (tertiary/aromatic N) is 1. The highest BCUT2D eigenvalue weighted by Crippen LogP contribution is 2.32. The molecule has 0 saturated carbocycles. The van der Waals surface area contributed by atoms with Gasteiger partial charge in [0.2, 0.25) is 5.88 Å². The average molecular weight is 340 g/mol. The van der Waals surface area contributed by atoms with E-state index in [4.69, 9.17) is 22.1 Å². The predicted molar refractivity (Wildman–Crippen MR) is 81.8 cm³/mol. The van der Waals surface area contributed by atoms with Crippen LogP contribution in [0.3, 0.4) is 0 Å². The van der Waals surface area contributed by atoms with Crippen molar-refractivity contribution in [2.75, 3.05) is 5.73 Å². The van der Waals surface area contributed by atoms with Gasteiger partial charge < -0.3 is 10.5 Å². The molecule has 1 aromatic heterocycles. The maximum Gasteiger partial charge on any atom is 0.238 e. The van der Waals surface area contributed by atoms with Gasteiger partial charge in [0.1, 0.15) is 10.8 Å². The van der Waals surface area contributed by atoms with E-state index in [1.807, 2.05) is 6.07 Å². The molecule has 2 N–H and O–H groups in total. The minimum atomic E-state index is 0.361. The van der Waals surface area contributed by atoms with Crippen LogP contribution in [0.15, 0.2) is 47.6 Å². The third kappa shape index (κ3) is 3.49. The summed E-state index contributed by atoms with van der Waals surface area (Å²) in [4.78, 5) is 4.14. The van der Waals surface area contributed by atoms with Gasteiger partial charge in [-0.1, -0.05) is 17.7 Å². The highest BCUT2D eigenvalue weighted by atomic mass is 79.9. The molecule has 0 atom stereocenters. The summed E-state index contributed by atoms with van der Waals surface area (Å²) in [5, 5.41) is 0.441. The van der Waals surface area contributed by atoms with Crippen LogP contribution < -0.4 is 10.5 Å². The SMILES string of the molecule is C=CCc1cc(N)ccc1Oc1ncc(Br)cc1Cl. The van der Waals surface area contributed by atoms with Gasteiger partial charge in [0.25, 0.3) is 0 Å². The molecule has 1 aromatic carbocycles. The zero-order valence-electron chi connectivity index (χ0n) is 10.1. The normalized spacial score (nSPS) is 10.2. The zero-order chi connectivity index (χ0) is 13.8. The average Bonchev–Trinajstić information content (AvgIpc) is 2.36. The molecule has 3 nitrogen and oxygen atoms in total. The lowest BCUT2D eigenvalue weighted by molar-refractivity contribution is 0.458. The summed E-state index contributed by atoms with van der Waals surface area (Å²) >= 11 is 9.38. The van der Waals surface area contributed by atoms with Crippen LogP contribution in [0, 0.1) is 0 Å². The minimum absolute atomic E-state index is 0.361. The number of benzene rings is 1. The van der Waals surface area contributed by atoms with Gasteiger partial charge in [0.15, 0.2) is 0 Å². The Morgan fingerprint density at radius 2 is 2.21 bits per heavy atom. The molecule has 0 aliphatic rings. The van der Waals surface area contributed by atoms with Crippen molar-refractivity contribution in [3.05, 3.63) is 58.2 Å². The van der Waals surface area contributed by atoms with E-state index in [2.05, 4.69) is 27.5 Å². The Hall–Kier alpha value is -1.52. The van der Waals surface area contributed by atoms with E-state index in [-0.39, 0.29) is 0 Å². The molecule has 5 heteroatoms. The topological polar surface area (TPSA) is 48.1 Å². The smallest absolute Gasteiger partial charge is 0.238 e. The summed E-state index contributed by atoms with van der Waals surface area (Å²) in [6.07, 6.45) is 4.08. The lowest BCUT2D eigenvalue weighted by atomic mass is 10.1. The number of aromatic nitrogens is 1. The Kier molecular flexibility index (Phi) is 4.45. The van der Waals surface area contributed by atoms with Gasteiger partial charge in [-0.05, 0) is 46.6 Å². The van der Waals surface area contributed by atoms with Crippen LogP contribution in [0.25, 0.3) is 0 Å². The Bertz CT molecular complexity index is 616. The van der Waals surface area contributed by atoms with Crippen molar-refractivity contribution in [1.82, 2.24) is 4.98 Å². The molecule has 2 aromatic rings. The molecule has 0 aliphatic carbocycles. The summed E-state index contributed by atoms with van der Waals surface area (Å²) in [5.41, 5.74) is 7.38. The fourth-order valence-electron chi connectivity index (χ4n) is 1.60. The maximum absolute atomic E-state index is 6.08. The standard InChI is InChI=1S/C14H12BrClN2O/c1-2-3-9-6-11(17)4-5-13(9)19-14-12(16)7-10(15)8-18-14/h2,4-8H,1,3,17H2. The highest BCUT2D eigenvalue weighted by Gasteiger charge is 2.09. The van der Waals surface area contributed by atoms with Gasteiger partial charge in [-0.15, -0.1) is 6.58 Å². The van der Waals surface area contributed by atoms with E-state index in [9.17, 15) is 0 Å². The van der Waals surface area contributed by atoms with E-state index < -0.39 is 0 Å². The van der Waals surface area contributed by atoms with Crippen molar-refractivity contribution in [1.29, 1.82) is 0 Å². The molecule has 0 bridgehead atoms. The summed E-state index contributed by atoms with van der Waals surface area (Å²) in [7, 11) is 0. The first kappa shape index (κ1) is 13.9. The van der Waals surface area contributed by atoms with E-state index in [0.717, 1.165) is 10.0 Å². The molecule has 1 heterocycles. The second-order valence-corrected chi connectivity index (χ2v) is 5.23. The summed E-state index contributed by atoms with van der Waals surface area (Å²) in [6, 6.07) is 7.15. The van der Waals surface area contributed by atoms with Gasteiger partial charge in [0.05, 0.1) is 0 Å². The fourth-order valence-corrected chi connectivity index (χ4v) is 2.26. The van der Waals surface area contributed by atoms with Crippen LogP contribution in [0.5, 0.6) is 11.6 Å². The summed E-state index contributed by atoms with van der Waals surface area (Å²) in [6.45, 7) is 3.72. The summed E-state index contributed by atoms with van der Waals surface area (Å²) < 4.78 is 6.54. The van der Waals surface area contributed by atoms with Crippen molar-refractivity contribution >= 4 is 33.2 Å². The van der Waals surface area contributed by atoms with Crippen molar-refractivity contribution in [2.45, 2.75) is 6.42 Å². The number of nitrogens with two attached hydrogens (primary N) is 1. The monoisotopic (exact) mass is 338 g/mol. The van der Waals surface area contributed by atoms with Crippen molar-refractivity contribution < 1.29 is 4.74 Å². The lowest BCUT2D eigenvalue weighted by Gasteiger charge is -2.11. The Balaban J connectivity index is 2.34. The number of halogens is 2. The largest absolute Gasteiger partial charge is 0.437 e. The number of rotatable bonds is 4. The quantitative estimate of drug-likeness (QED) is 0.654. The number of anilines is 1. The van der Waals surface area contributed by atoms with Gasteiger partial charge in [0, 0.05) is 21.9 Å². The van der Waals surface area contributed by atoms with Gasteiger partial charge in [-0.2, -0.15) is 0 Å². The molecule has 0 fully saturated rings. The molecule has 0 spiro atoms. The Morgan fingerprint density at radius 1 is 1.42 bits per heavy atom. The second-order valence-electron chi connectivity index (χ2n) is 3.90. The third-order valence-electron chi connectivity index (χ3n) is 2.43. The molecule has 0 unspecified atom stereocenters. The van der Waals surface area contributed by atoms with E-state index in [1.54, 1.807) is 30.5 Å². The van der Waals surface area contributed by atoms with E-state index in [1.165, 1.54) is 0 Å². The number of hydrogen-bond donors (Lipinski definition) is 1. The van der Waals surface area contributed by atoms with Crippen molar-refractivity contribution in [3.8, 4) is 11.6 Å². The molecular weight excluding hydrogens is 328 g/mol. The van der Waals surface area contributed by atoms with E-state index >= 15 is 0 Å². The maximum atomic E-state index is 6.08.